The summed E-state index contributed by atoms with van der Waals surface area (Å²) in [6.45, 7) is 0. The van der Waals surface area contributed by atoms with Gasteiger partial charge in [0.25, 0.3) is 0 Å². The minimum absolute atomic E-state index is 0.0216. The van der Waals surface area contributed by atoms with E-state index in [4.69, 9.17) is 9.47 Å². The van der Waals surface area contributed by atoms with E-state index in [1.54, 1.807) is 14.2 Å². The molecule has 0 saturated heterocycles. The van der Waals surface area contributed by atoms with Gasteiger partial charge in [0.15, 0.2) is 0 Å². The second kappa shape index (κ2) is 7.29. The second-order valence-corrected chi connectivity index (χ2v) is 6.27. The van der Waals surface area contributed by atoms with Crippen molar-refractivity contribution >= 4 is 31.9 Å². The quantitative estimate of drug-likeness (QED) is 0.779. The molecule has 112 valence electrons. The highest BCUT2D eigenvalue weighted by molar-refractivity contribution is 9.11. The van der Waals surface area contributed by atoms with Gasteiger partial charge in [0.05, 0.1) is 20.3 Å². The molecule has 2 aromatic rings. The van der Waals surface area contributed by atoms with Crippen LogP contribution in [-0.4, -0.2) is 21.3 Å². The number of hydrogen-bond donors (Lipinski definition) is 1. The molecule has 1 unspecified atom stereocenters. The van der Waals surface area contributed by atoms with Crippen LogP contribution in [-0.2, 0) is 0 Å². The van der Waals surface area contributed by atoms with Crippen LogP contribution in [0.5, 0.6) is 11.5 Å². The van der Waals surface area contributed by atoms with Crippen molar-refractivity contribution in [3.8, 4) is 11.5 Å². The van der Waals surface area contributed by atoms with Gasteiger partial charge in [0, 0.05) is 20.6 Å². The highest BCUT2D eigenvalue weighted by Gasteiger charge is 2.19. The molecule has 1 atom stereocenters. The van der Waals surface area contributed by atoms with E-state index in [9.17, 15) is 0 Å². The van der Waals surface area contributed by atoms with E-state index in [0.29, 0.717) is 0 Å². The lowest BCUT2D eigenvalue weighted by Crippen LogP contribution is -2.19. The molecule has 0 heterocycles. The molecule has 0 aliphatic carbocycles. The molecule has 3 nitrogen and oxygen atoms in total. The number of nitrogens with one attached hydrogen (secondary N) is 1. The molecule has 0 radical (unpaired) electrons. The first kappa shape index (κ1) is 16.3. The molecule has 2 rings (SSSR count). The smallest absolute Gasteiger partial charge is 0.127 e. The Labute approximate surface area is 141 Å². The zero-order valence-electron chi connectivity index (χ0n) is 12.1. The van der Waals surface area contributed by atoms with Crippen molar-refractivity contribution in [3.63, 3.8) is 0 Å². The van der Waals surface area contributed by atoms with Gasteiger partial charge >= 0.3 is 0 Å². The van der Waals surface area contributed by atoms with Crippen molar-refractivity contribution < 1.29 is 9.47 Å². The molecule has 1 N–H and O–H groups in total. The third-order valence-corrected chi connectivity index (χ3v) is 4.49. The van der Waals surface area contributed by atoms with Crippen molar-refractivity contribution in [2.45, 2.75) is 6.04 Å². The van der Waals surface area contributed by atoms with Crippen molar-refractivity contribution in [1.82, 2.24) is 5.32 Å². The molecule has 0 bridgehead atoms. The first-order chi connectivity index (χ1) is 10.1. The Morgan fingerprint density at radius 2 is 1.67 bits per heavy atom. The summed E-state index contributed by atoms with van der Waals surface area (Å²) >= 11 is 7.10. The maximum atomic E-state index is 5.51. The molecule has 0 aliphatic rings. The highest BCUT2D eigenvalue weighted by Crippen LogP contribution is 2.36. The van der Waals surface area contributed by atoms with Gasteiger partial charge in [0.1, 0.15) is 11.5 Å². The summed E-state index contributed by atoms with van der Waals surface area (Å²) in [5, 5.41) is 3.34. The van der Waals surface area contributed by atoms with Crippen LogP contribution in [0.2, 0.25) is 0 Å². The number of methoxy groups -OCH3 is 2. The maximum Gasteiger partial charge on any atom is 0.127 e. The lowest BCUT2D eigenvalue weighted by molar-refractivity contribution is 0.388. The first-order valence-corrected chi connectivity index (χ1v) is 8.03. The van der Waals surface area contributed by atoms with E-state index in [0.717, 1.165) is 31.6 Å². The van der Waals surface area contributed by atoms with Gasteiger partial charge in [-0.25, -0.2) is 0 Å². The minimum Gasteiger partial charge on any atom is -0.497 e. The Morgan fingerprint density at radius 1 is 0.952 bits per heavy atom. The summed E-state index contributed by atoms with van der Waals surface area (Å²) in [6.07, 6.45) is 0. The third-order valence-electron chi connectivity index (χ3n) is 3.31. The van der Waals surface area contributed by atoms with E-state index in [2.05, 4.69) is 43.2 Å². The Balaban J connectivity index is 2.50. The van der Waals surface area contributed by atoms with E-state index in [1.807, 2.05) is 37.4 Å². The molecule has 0 saturated carbocycles. The van der Waals surface area contributed by atoms with E-state index >= 15 is 0 Å². The third kappa shape index (κ3) is 3.59. The average molecular weight is 415 g/mol. The normalized spacial score (nSPS) is 12.0. The number of rotatable bonds is 5. The predicted molar refractivity (Wildman–Crippen MR) is 92.3 cm³/mol. The molecule has 5 heteroatoms. The molecule has 0 aliphatic heterocycles. The molecule has 0 spiro atoms. The van der Waals surface area contributed by atoms with Crippen molar-refractivity contribution in [2.24, 2.45) is 0 Å². The zero-order chi connectivity index (χ0) is 15.4. The minimum atomic E-state index is 0.0216. The van der Waals surface area contributed by atoms with Gasteiger partial charge in [-0.05, 0) is 36.9 Å². The lowest BCUT2D eigenvalue weighted by Gasteiger charge is -2.21. The fourth-order valence-corrected chi connectivity index (χ4v) is 3.55. The fourth-order valence-electron chi connectivity index (χ4n) is 2.27. The first-order valence-electron chi connectivity index (χ1n) is 6.44. The molecule has 21 heavy (non-hydrogen) atoms. The lowest BCUT2D eigenvalue weighted by atomic mass is 9.98. The molecule has 0 aromatic heterocycles. The number of halogens is 2. The average Bonchev–Trinajstić information content (AvgIpc) is 2.50. The van der Waals surface area contributed by atoms with Gasteiger partial charge in [-0.2, -0.15) is 0 Å². The van der Waals surface area contributed by atoms with Crippen LogP contribution < -0.4 is 14.8 Å². The topological polar surface area (TPSA) is 30.5 Å². The monoisotopic (exact) mass is 413 g/mol. The van der Waals surface area contributed by atoms with E-state index in [1.165, 1.54) is 0 Å². The van der Waals surface area contributed by atoms with Crippen molar-refractivity contribution in [3.05, 3.63) is 56.5 Å². The molecule has 0 amide bonds. The molecular weight excluding hydrogens is 398 g/mol. The summed E-state index contributed by atoms with van der Waals surface area (Å²) in [6, 6.07) is 12.0. The standard InChI is InChI=1S/C16H17Br2NO2/c1-19-16(12-6-4-10(17)8-14(12)18)13-7-5-11(20-2)9-15(13)21-3/h4-9,16,19H,1-3H3. The number of ether oxygens (including phenoxy) is 2. The van der Waals surface area contributed by atoms with Crippen LogP contribution >= 0.6 is 31.9 Å². The van der Waals surface area contributed by atoms with Crippen LogP contribution in [0.25, 0.3) is 0 Å². The molecule has 2 aromatic carbocycles. The van der Waals surface area contributed by atoms with Crippen LogP contribution in [0.1, 0.15) is 17.2 Å². The van der Waals surface area contributed by atoms with Gasteiger partial charge in [0.2, 0.25) is 0 Å². The summed E-state index contributed by atoms with van der Waals surface area (Å²) in [5.41, 5.74) is 2.20. The molecule has 0 fully saturated rings. The maximum absolute atomic E-state index is 5.51. The largest absolute Gasteiger partial charge is 0.497 e. The van der Waals surface area contributed by atoms with Gasteiger partial charge < -0.3 is 14.8 Å². The van der Waals surface area contributed by atoms with Gasteiger partial charge in [-0.15, -0.1) is 0 Å². The summed E-state index contributed by atoms with van der Waals surface area (Å²) in [4.78, 5) is 0. The Morgan fingerprint density at radius 3 is 2.24 bits per heavy atom. The summed E-state index contributed by atoms with van der Waals surface area (Å²) in [5.74, 6) is 1.57. The predicted octanol–water partition coefficient (Wildman–Crippen LogP) is 4.54. The van der Waals surface area contributed by atoms with Crippen LogP contribution in [0.4, 0.5) is 0 Å². The number of hydrogen-bond acceptors (Lipinski definition) is 3. The second-order valence-electron chi connectivity index (χ2n) is 4.50. The van der Waals surface area contributed by atoms with E-state index < -0.39 is 0 Å². The van der Waals surface area contributed by atoms with Crippen LogP contribution in [0, 0.1) is 0 Å². The zero-order valence-corrected chi connectivity index (χ0v) is 15.3. The summed E-state index contributed by atoms with van der Waals surface area (Å²) < 4.78 is 12.8. The Bertz CT molecular complexity index is 632. The van der Waals surface area contributed by atoms with E-state index in [-0.39, 0.29) is 6.04 Å². The Kier molecular flexibility index (Phi) is 5.67. The van der Waals surface area contributed by atoms with Gasteiger partial charge in [-0.1, -0.05) is 37.9 Å². The van der Waals surface area contributed by atoms with Crippen molar-refractivity contribution in [1.29, 1.82) is 0 Å². The van der Waals surface area contributed by atoms with Crippen molar-refractivity contribution in [2.75, 3.05) is 21.3 Å². The van der Waals surface area contributed by atoms with Crippen LogP contribution in [0.15, 0.2) is 45.3 Å². The fraction of sp³-hybridized carbons (Fsp3) is 0.250. The SMILES string of the molecule is CNC(c1ccc(Br)cc1Br)c1ccc(OC)cc1OC. The summed E-state index contributed by atoms with van der Waals surface area (Å²) in [7, 11) is 5.25. The number of benzene rings is 2. The Hall–Kier alpha value is -1.04. The molecular formula is C16H17Br2NO2. The van der Waals surface area contributed by atoms with Crippen LogP contribution in [0.3, 0.4) is 0 Å². The van der Waals surface area contributed by atoms with Gasteiger partial charge in [-0.3, -0.25) is 0 Å². The highest BCUT2D eigenvalue weighted by atomic mass is 79.9.